The number of carbonyl (C=O) groups is 3. The molecule has 1 amide bonds. The molecule has 4 rings (SSSR count). The highest BCUT2D eigenvalue weighted by Crippen LogP contribution is 2.39. The van der Waals surface area contributed by atoms with E-state index in [1.807, 2.05) is 0 Å². The molecule has 8 heteroatoms. The number of carbonyl (C=O) groups excluding carboxylic acids is 2. The van der Waals surface area contributed by atoms with Gasteiger partial charge in [0.1, 0.15) is 11.4 Å². The van der Waals surface area contributed by atoms with E-state index in [1.165, 1.54) is 36.4 Å². The predicted molar refractivity (Wildman–Crippen MR) is 84.5 cm³/mol. The van der Waals surface area contributed by atoms with Gasteiger partial charge in [-0.25, -0.2) is 9.59 Å². The fourth-order valence-corrected chi connectivity index (χ4v) is 2.84. The smallest absolute Gasteiger partial charge is 0.360 e. The summed E-state index contributed by atoms with van der Waals surface area (Å²) in [5.41, 5.74) is -3.15. The maximum absolute atomic E-state index is 12.7. The molecule has 8 nitrogen and oxygen atoms in total. The van der Waals surface area contributed by atoms with Crippen LogP contribution in [0.2, 0.25) is 0 Å². The van der Waals surface area contributed by atoms with Crippen molar-refractivity contribution < 1.29 is 29.3 Å². The number of nitrogens with zero attached hydrogens (tertiary/aromatic N) is 2. The van der Waals surface area contributed by atoms with Crippen molar-refractivity contribution in [3.8, 4) is 5.75 Å². The van der Waals surface area contributed by atoms with Crippen molar-refractivity contribution in [3.05, 3.63) is 59.7 Å². The first kappa shape index (κ1) is 15.0. The number of hydrogen-bond acceptors (Lipinski definition) is 6. The SMILES string of the molecule is O=C(O)c1ccccc1C1=NN2C(=O)C1(O)C(=O)Oc1ccccc12. The van der Waals surface area contributed by atoms with Gasteiger partial charge in [0.25, 0.3) is 11.5 Å². The molecule has 2 aromatic rings. The number of fused-ring (bicyclic) bond motifs is 4. The van der Waals surface area contributed by atoms with Crippen LogP contribution in [0.4, 0.5) is 5.69 Å². The van der Waals surface area contributed by atoms with Crippen molar-refractivity contribution in [2.24, 2.45) is 5.10 Å². The van der Waals surface area contributed by atoms with Gasteiger partial charge in [-0.1, -0.05) is 30.3 Å². The molecule has 124 valence electrons. The van der Waals surface area contributed by atoms with Gasteiger partial charge in [0.05, 0.1) is 5.56 Å². The fraction of sp³-hybridized carbons (Fsp3) is 0.0588. The quantitative estimate of drug-likeness (QED) is 0.475. The highest BCUT2D eigenvalue weighted by molar-refractivity contribution is 6.39. The van der Waals surface area contributed by atoms with Crippen LogP contribution >= 0.6 is 0 Å². The van der Waals surface area contributed by atoms with Crippen LogP contribution < -0.4 is 9.75 Å². The molecule has 2 heterocycles. The number of aromatic carboxylic acids is 1. The Morgan fingerprint density at radius 1 is 1.08 bits per heavy atom. The molecule has 0 fully saturated rings. The number of carboxylic acid groups (broad SMARTS) is 1. The minimum atomic E-state index is -2.72. The number of rotatable bonds is 2. The van der Waals surface area contributed by atoms with Crippen LogP contribution in [-0.2, 0) is 9.59 Å². The van der Waals surface area contributed by atoms with Crippen LogP contribution in [0.5, 0.6) is 5.75 Å². The normalized spacial score (nSPS) is 21.3. The Morgan fingerprint density at radius 2 is 1.76 bits per heavy atom. The number of para-hydroxylation sites is 2. The zero-order chi connectivity index (χ0) is 17.8. The van der Waals surface area contributed by atoms with E-state index >= 15 is 0 Å². The number of ether oxygens (including phenoxy) is 1. The predicted octanol–water partition coefficient (Wildman–Crippen LogP) is 0.786. The molecule has 2 aromatic carbocycles. The maximum atomic E-state index is 12.7. The van der Waals surface area contributed by atoms with Gasteiger partial charge in [-0.15, -0.1) is 0 Å². The number of anilines is 1. The monoisotopic (exact) mass is 338 g/mol. The number of benzene rings is 2. The molecule has 0 saturated carbocycles. The highest BCUT2D eigenvalue weighted by atomic mass is 16.6. The van der Waals surface area contributed by atoms with Gasteiger partial charge in [0.2, 0.25) is 0 Å². The first-order valence-corrected chi connectivity index (χ1v) is 7.24. The Balaban J connectivity index is 1.99. The Kier molecular flexibility index (Phi) is 3.00. The number of esters is 1. The largest absolute Gasteiger partial charge is 0.478 e. The van der Waals surface area contributed by atoms with Crippen LogP contribution in [-0.4, -0.2) is 39.4 Å². The number of carboxylic acids is 1. The zero-order valence-corrected chi connectivity index (χ0v) is 12.5. The molecule has 0 saturated heterocycles. The third kappa shape index (κ3) is 1.91. The van der Waals surface area contributed by atoms with Crippen LogP contribution in [0.15, 0.2) is 53.6 Å². The lowest BCUT2D eigenvalue weighted by atomic mass is 9.89. The third-order valence-corrected chi connectivity index (χ3v) is 4.05. The number of aliphatic hydroxyl groups is 1. The van der Waals surface area contributed by atoms with Gasteiger partial charge in [0, 0.05) is 5.56 Å². The maximum Gasteiger partial charge on any atom is 0.360 e. The van der Waals surface area contributed by atoms with Crippen molar-refractivity contribution >= 4 is 29.2 Å². The highest BCUT2D eigenvalue weighted by Gasteiger charge is 2.60. The molecule has 0 spiro atoms. The molecule has 0 radical (unpaired) electrons. The second kappa shape index (κ2) is 4.99. The summed E-state index contributed by atoms with van der Waals surface area (Å²) >= 11 is 0. The summed E-state index contributed by atoms with van der Waals surface area (Å²) in [5.74, 6) is -3.45. The van der Waals surface area contributed by atoms with Crippen molar-refractivity contribution in [3.63, 3.8) is 0 Å². The molecule has 1 unspecified atom stereocenters. The Hall–Kier alpha value is -3.52. The number of hydrogen-bond donors (Lipinski definition) is 2. The fourth-order valence-electron chi connectivity index (χ4n) is 2.84. The van der Waals surface area contributed by atoms with Crippen LogP contribution in [0.1, 0.15) is 15.9 Å². The van der Waals surface area contributed by atoms with Gasteiger partial charge in [-0.3, -0.25) is 4.79 Å². The Bertz CT molecular complexity index is 983. The number of hydrazone groups is 1. The minimum Gasteiger partial charge on any atom is -0.478 e. The molecule has 0 aliphatic carbocycles. The summed E-state index contributed by atoms with van der Waals surface area (Å²) < 4.78 is 5.14. The molecule has 2 bridgehead atoms. The van der Waals surface area contributed by atoms with Gasteiger partial charge >= 0.3 is 11.9 Å². The lowest BCUT2D eigenvalue weighted by molar-refractivity contribution is -0.153. The molecule has 25 heavy (non-hydrogen) atoms. The van der Waals surface area contributed by atoms with Gasteiger partial charge in [-0.05, 0) is 18.2 Å². The summed E-state index contributed by atoms with van der Waals surface area (Å²) in [4.78, 5) is 36.6. The van der Waals surface area contributed by atoms with E-state index in [0.717, 1.165) is 5.01 Å². The first-order valence-electron chi connectivity index (χ1n) is 7.24. The average molecular weight is 338 g/mol. The molecule has 2 aliphatic heterocycles. The standard InChI is InChI=1S/C17H10N2O6/c20-14(21)10-6-2-1-5-9(10)13-17(24)15(22)19(18-13)11-7-3-4-8-12(11)25-16(17)23/h1-8,24H,(H,20,21). The summed E-state index contributed by atoms with van der Waals surface area (Å²) in [6.45, 7) is 0. The molecule has 2 N–H and O–H groups in total. The summed E-state index contributed by atoms with van der Waals surface area (Å²) in [6.07, 6.45) is 0. The van der Waals surface area contributed by atoms with E-state index in [9.17, 15) is 24.6 Å². The van der Waals surface area contributed by atoms with Crippen molar-refractivity contribution in [1.29, 1.82) is 0 Å². The van der Waals surface area contributed by atoms with Gasteiger partial charge in [0.15, 0.2) is 5.75 Å². The van der Waals surface area contributed by atoms with E-state index in [4.69, 9.17) is 4.74 Å². The van der Waals surface area contributed by atoms with Crippen molar-refractivity contribution in [2.75, 3.05) is 5.01 Å². The van der Waals surface area contributed by atoms with Crippen molar-refractivity contribution in [1.82, 2.24) is 0 Å². The lowest BCUT2D eigenvalue weighted by Crippen LogP contribution is -2.54. The zero-order valence-electron chi connectivity index (χ0n) is 12.5. The molecule has 2 aliphatic rings. The Morgan fingerprint density at radius 3 is 2.52 bits per heavy atom. The van der Waals surface area contributed by atoms with Gasteiger partial charge < -0.3 is 14.9 Å². The second-order valence-electron chi connectivity index (χ2n) is 5.48. The third-order valence-electron chi connectivity index (χ3n) is 4.05. The average Bonchev–Trinajstić information content (AvgIpc) is 2.84. The minimum absolute atomic E-state index is 0.0373. The second-order valence-corrected chi connectivity index (χ2v) is 5.48. The Labute approximate surface area is 140 Å². The molecule has 0 aromatic heterocycles. The summed E-state index contributed by atoms with van der Waals surface area (Å²) in [7, 11) is 0. The lowest BCUT2D eigenvalue weighted by Gasteiger charge is -2.19. The van der Waals surface area contributed by atoms with E-state index in [2.05, 4.69) is 5.10 Å². The van der Waals surface area contributed by atoms with E-state index < -0.39 is 23.4 Å². The molecular formula is C17H10N2O6. The van der Waals surface area contributed by atoms with E-state index in [1.54, 1.807) is 12.1 Å². The molecular weight excluding hydrogens is 328 g/mol. The van der Waals surface area contributed by atoms with E-state index in [0.29, 0.717) is 0 Å². The van der Waals surface area contributed by atoms with Crippen LogP contribution in [0, 0.1) is 0 Å². The topological polar surface area (TPSA) is 117 Å². The summed E-state index contributed by atoms with van der Waals surface area (Å²) in [6, 6.07) is 11.8. The van der Waals surface area contributed by atoms with E-state index in [-0.39, 0.29) is 28.3 Å². The number of amides is 1. The van der Waals surface area contributed by atoms with Crippen LogP contribution in [0.3, 0.4) is 0 Å². The van der Waals surface area contributed by atoms with Crippen molar-refractivity contribution in [2.45, 2.75) is 5.60 Å². The summed E-state index contributed by atoms with van der Waals surface area (Å²) in [5, 5.41) is 25.1. The first-order chi connectivity index (χ1) is 11.9. The molecule has 1 atom stereocenters. The van der Waals surface area contributed by atoms with Crippen LogP contribution in [0.25, 0.3) is 0 Å². The van der Waals surface area contributed by atoms with Gasteiger partial charge in [-0.2, -0.15) is 10.1 Å².